The van der Waals surface area contributed by atoms with E-state index in [1.165, 1.54) is 282 Å². The molecule has 0 heterocycles. The molecular weight excluding hydrogens is 713 g/mol. The molecule has 0 bridgehead atoms. The highest BCUT2D eigenvalue weighted by Gasteiger charge is 1.99. The highest BCUT2D eigenvalue weighted by molar-refractivity contribution is 5.79. The van der Waals surface area contributed by atoms with E-state index in [0.717, 1.165) is 25.7 Å². The molecule has 340 valence electrons. The first-order chi connectivity index (χ1) is 28.6. The summed E-state index contributed by atoms with van der Waals surface area (Å²) in [6.45, 7) is 0. The van der Waals surface area contributed by atoms with Crippen molar-refractivity contribution in [3.63, 3.8) is 0 Å². The second-order valence-electron chi connectivity index (χ2n) is 18.0. The minimum atomic E-state index is -0.839. The Hall–Kier alpha value is -1.84. The number of allylic oxidation sites excluding steroid dienone is 4. The van der Waals surface area contributed by atoms with Gasteiger partial charge in [0.05, 0.1) is 0 Å². The van der Waals surface area contributed by atoms with Crippen LogP contribution in [0.2, 0.25) is 0 Å². The van der Waals surface area contributed by atoms with E-state index < -0.39 is 11.9 Å². The number of carbonyl (C=O) groups is 2. The Morgan fingerprint density at radius 3 is 0.466 bits per heavy atom. The maximum Gasteiger partial charge on any atom is 0.327 e. The summed E-state index contributed by atoms with van der Waals surface area (Å²) >= 11 is 0. The lowest BCUT2D eigenvalue weighted by Crippen LogP contribution is -1.86. The minimum Gasteiger partial charge on any atom is -0.478 e. The van der Waals surface area contributed by atoms with Crippen molar-refractivity contribution >= 4 is 11.9 Å². The van der Waals surface area contributed by atoms with Crippen molar-refractivity contribution in [3.8, 4) is 0 Å². The van der Waals surface area contributed by atoms with Gasteiger partial charge >= 0.3 is 11.9 Å². The van der Waals surface area contributed by atoms with E-state index in [4.69, 9.17) is 10.2 Å². The summed E-state index contributed by atoms with van der Waals surface area (Å²) in [6.07, 6.45) is 74.0. The zero-order chi connectivity index (χ0) is 41.9. The largest absolute Gasteiger partial charge is 0.478 e. The van der Waals surface area contributed by atoms with Crippen LogP contribution in [0.15, 0.2) is 36.5 Å². The van der Waals surface area contributed by atoms with Gasteiger partial charge in [-0.15, -0.1) is 0 Å². The second-order valence-corrected chi connectivity index (χ2v) is 18.0. The lowest BCUT2D eigenvalue weighted by atomic mass is 10.0. The quantitative estimate of drug-likeness (QED) is 0.0364. The zero-order valence-electron chi connectivity index (χ0n) is 38.7. The molecule has 0 saturated carbocycles. The summed E-state index contributed by atoms with van der Waals surface area (Å²) in [7, 11) is 0. The topological polar surface area (TPSA) is 74.6 Å². The van der Waals surface area contributed by atoms with Gasteiger partial charge in [-0.05, 0) is 51.4 Å². The zero-order valence-corrected chi connectivity index (χ0v) is 38.7. The molecule has 0 spiro atoms. The van der Waals surface area contributed by atoms with Crippen LogP contribution in [0.4, 0.5) is 0 Å². The van der Waals surface area contributed by atoms with E-state index in [1.54, 1.807) is 12.2 Å². The molecule has 0 aliphatic rings. The number of unbranched alkanes of at least 4 members (excludes halogenated alkanes) is 44. The number of carboxylic acids is 2. The molecule has 4 nitrogen and oxygen atoms in total. The third-order valence-electron chi connectivity index (χ3n) is 12.2. The molecule has 0 saturated heterocycles. The third kappa shape index (κ3) is 54.2. The Labute approximate surface area is 362 Å². The molecule has 0 atom stereocenters. The SMILES string of the molecule is O=C(O)C=CCCCCCCC=CCCCCCCCCCCCCCCCCCCCCCCCCCCCCCCCCCCCCCCCCC=CC(=O)O. The molecule has 0 aromatic rings. The fraction of sp³-hybridized carbons (Fsp3) is 0.852. The van der Waals surface area contributed by atoms with Gasteiger partial charge in [-0.3, -0.25) is 0 Å². The molecule has 0 rings (SSSR count). The van der Waals surface area contributed by atoms with Crippen LogP contribution in [-0.2, 0) is 9.59 Å². The van der Waals surface area contributed by atoms with Crippen molar-refractivity contribution in [1.29, 1.82) is 0 Å². The molecule has 0 unspecified atom stereocenters. The summed E-state index contributed by atoms with van der Waals surface area (Å²) in [4.78, 5) is 20.9. The molecule has 0 amide bonds. The van der Waals surface area contributed by atoms with Gasteiger partial charge in [0.15, 0.2) is 0 Å². The number of hydrogen-bond acceptors (Lipinski definition) is 2. The van der Waals surface area contributed by atoms with Crippen LogP contribution in [0, 0.1) is 0 Å². The smallest absolute Gasteiger partial charge is 0.327 e. The fourth-order valence-corrected chi connectivity index (χ4v) is 8.37. The van der Waals surface area contributed by atoms with Crippen molar-refractivity contribution < 1.29 is 19.8 Å². The molecule has 0 radical (unpaired) electrons. The van der Waals surface area contributed by atoms with E-state index in [-0.39, 0.29) is 0 Å². The molecule has 58 heavy (non-hydrogen) atoms. The van der Waals surface area contributed by atoms with Gasteiger partial charge in [-0.25, -0.2) is 9.59 Å². The first kappa shape index (κ1) is 56.2. The van der Waals surface area contributed by atoms with Crippen LogP contribution in [0.25, 0.3) is 0 Å². The standard InChI is InChI=1S/C54H100O4/c55-53(56)51-49-47-45-43-41-39-37-35-33-31-29-27-25-23-21-19-17-15-13-11-9-7-5-3-1-2-4-6-8-10-12-14-16-18-20-22-24-26-28-30-32-34-36-38-40-42-44-46-48-50-52-54(57)58/h33,35,49-52H,1-32,34,36-48H2,(H,55,56)(H,57,58). The van der Waals surface area contributed by atoms with Crippen LogP contribution in [0.5, 0.6) is 0 Å². The fourth-order valence-electron chi connectivity index (χ4n) is 8.37. The van der Waals surface area contributed by atoms with Gasteiger partial charge in [0.1, 0.15) is 0 Å². The summed E-state index contributed by atoms with van der Waals surface area (Å²) in [5.41, 5.74) is 0. The van der Waals surface area contributed by atoms with Crippen molar-refractivity contribution in [1.82, 2.24) is 0 Å². The number of aliphatic carboxylic acids is 2. The highest BCUT2D eigenvalue weighted by atomic mass is 16.4. The van der Waals surface area contributed by atoms with Crippen LogP contribution in [-0.4, -0.2) is 22.2 Å². The Kier molecular flexibility index (Phi) is 49.7. The first-order valence-electron chi connectivity index (χ1n) is 26.1. The van der Waals surface area contributed by atoms with Crippen molar-refractivity contribution in [3.05, 3.63) is 36.5 Å². The Balaban J connectivity index is 3.11. The van der Waals surface area contributed by atoms with Gasteiger partial charge < -0.3 is 10.2 Å². The van der Waals surface area contributed by atoms with Crippen molar-refractivity contribution in [2.75, 3.05) is 0 Å². The van der Waals surface area contributed by atoms with Crippen molar-refractivity contribution in [2.45, 2.75) is 295 Å². The number of hydrogen-bond donors (Lipinski definition) is 2. The Morgan fingerprint density at radius 2 is 0.328 bits per heavy atom. The summed E-state index contributed by atoms with van der Waals surface area (Å²) < 4.78 is 0. The monoisotopic (exact) mass is 813 g/mol. The third-order valence-corrected chi connectivity index (χ3v) is 12.2. The maximum atomic E-state index is 10.4. The first-order valence-corrected chi connectivity index (χ1v) is 26.1. The van der Waals surface area contributed by atoms with E-state index >= 15 is 0 Å². The van der Waals surface area contributed by atoms with Crippen LogP contribution >= 0.6 is 0 Å². The summed E-state index contributed by atoms with van der Waals surface area (Å²) in [6, 6.07) is 0. The molecule has 0 aliphatic carbocycles. The summed E-state index contributed by atoms with van der Waals surface area (Å²) in [5, 5.41) is 17.2. The molecular formula is C54H100O4. The normalized spacial score (nSPS) is 11.9. The number of rotatable bonds is 50. The van der Waals surface area contributed by atoms with Crippen LogP contribution in [0.3, 0.4) is 0 Å². The van der Waals surface area contributed by atoms with Gasteiger partial charge in [0.2, 0.25) is 0 Å². The minimum absolute atomic E-state index is 0.830. The summed E-state index contributed by atoms with van der Waals surface area (Å²) in [5.74, 6) is -1.67. The predicted molar refractivity (Wildman–Crippen MR) is 255 cm³/mol. The molecule has 4 heteroatoms. The van der Waals surface area contributed by atoms with Gasteiger partial charge in [0, 0.05) is 12.2 Å². The highest BCUT2D eigenvalue weighted by Crippen LogP contribution is 2.18. The molecule has 2 N–H and O–H groups in total. The predicted octanol–water partition coefficient (Wildman–Crippen LogP) is 18.8. The molecule has 0 fully saturated rings. The van der Waals surface area contributed by atoms with Gasteiger partial charge in [-0.2, -0.15) is 0 Å². The lowest BCUT2D eigenvalue weighted by Gasteiger charge is -2.05. The van der Waals surface area contributed by atoms with Gasteiger partial charge in [-0.1, -0.05) is 268 Å². The van der Waals surface area contributed by atoms with Gasteiger partial charge in [0.25, 0.3) is 0 Å². The second kappa shape index (κ2) is 51.3. The Bertz CT molecular complexity index is 905. The Morgan fingerprint density at radius 1 is 0.207 bits per heavy atom. The average Bonchev–Trinajstić information content (AvgIpc) is 3.21. The van der Waals surface area contributed by atoms with Crippen molar-refractivity contribution in [2.24, 2.45) is 0 Å². The van der Waals surface area contributed by atoms with Crippen LogP contribution < -0.4 is 0 Å². The molecule has 0 aromatic heterocycles. The van der Waals surface area contributed by atoms with E-state index in [2.05, 4.69) is 12.2 Å². The van der Waals surface area contributed by atoms with E-state index in [0.29, 0.717) is 0 Å². The van der Waals surface area contributed by atoms with E-state index in [9.17, 15) is 9.59 Å². The lowest BCUT2D eigenvalue weighted by molar-refractivity contribution is -0.132. The molecule has 0 aliphatic heterocycles. The number of carboxylic acid groups (broad SMARTS) is 2. The maximum absolute atomic E-state index is 10.4. The average molecular weight is 813 g/mol. The molecule has 0 aromatic carbocycles. The van der Waals surface area contributed by atoms with Crippen LogP contribution in [0.1, 0.15) is 295 Å². The van der Waals surface area contributed by atoms with E-state index in [1.807, 2.05) is 0 Å².